The molecule has 1 atom stereocenters. The molecular weight excluding hydrogens is 424 g/mol. The maximum absolute atomic E-state index is 11.4. The number of fused-ring (bicyclic) bond motifs is 2. The zero-order valence-corrected chi connectivity index (χ0v) is 18.3. The Hall–Kier alpha value is -3.39. The Labute approximate surface area is 189 Å². The van der Waals surface area contributed by atoms with Gasteiger partial charge in [0.1, 0.15) is 5.75 Å². The van der Waals surface area contributed by atoms with Crippen LogP contribution >= 0.6 is 11.3 Å². The molecule has 5 rings (SSSR count). The van der Waals surface area contributed by atoms with Crippen molar-refractivity contribution in [1.29, 1.82) is 0 Å². The minimum atomic E-state index is -0.849. The summed E-state index contributed by atoms with van der Waals surface area (Å²) in [5.74, 6) is -0.0823. The van der Waals surface area contributed by atoms with E-state index in [1.54, 1.807) is 22.2 Å². The smallest absolute Gasteiger partial charge is 0.305 e. The number of aryl methyl sites for hydroxylation is 1. The van der Waals surface area contributed by atoms with Gasteiger partial charge in [-0.2, -0.15) is 5.10 Å². The fraction of sp³-hybridized carbons (Fsp3) is 0.292. The monoisotopic (exact) mass is 448 g/mol. The van der Waals surface area contributed by atoms with Crippen LogP contribution in [-0.4, -0.2) is 39.0 Å². The number of aromatic nitrogens is 3. The number of carbonyl (C=O) groups is 1. The maximum atomic E-state index is 11.4. The molecule has 0 spiro atoms. The van der Waals surface area contributed by atoms with Gasteiger partial charge in [-0.15, -0.1) is 11.3 Å². The molecule has 3 aromatic heterocycles. The Kier molecular flexibility index (Phi) is 5.77. The predicted octanol–water partition coefficient (Wildman–Crippen LogP) is 4.54. The van der Waals surface area contributed by atoms with Crippen molar-refractivity contribution < 1.29 is 14.6 Å². The molecule has 0 fully saturated rings. The first-order valence-electron chi connectivity index (χ1n) is 10.8. The lowest BCUT2D eigenvalue weighted by atomic mass is 10.1. The third-order valence-corrected chi connectivity index (χ3v) is 6.64. The predicted molar refractivity (Wildman–Crippen MR) is 125 cm³/mol. The molecule has 1 unspecified atom stereocenters. The van der Waals surface area contributed by atoms with Gasteiger partial charge in [0.2, 0.25) is 0 Å². The molecule has 0 aliphatic carbocycles. The van der Waals surface area contributed by atoms with Gasteiger partial charge in [-0.1, -0.05) is 6.07 Å². The van der Waals surface area contributed by atoms with Gasteiger partial charge in [0, 0.05) is 28.9 Å². The normalized spacial score (nSPS) is 14.0. The molecule has 4 heterocycles. The molecular formula is C24H24N4O3S. The van der Waals surface area contributed by atoms with Crippen LogP contribution in [0.1, 0.15) is 35.1 Å². The van der Waals surface area contributed by atoms with Crippen molar-refractivity contribution in [3.63, 3.8) is 0 Å². The Morgan fingerprint density at radius 1 is 1.28 bits per heavy atom. The lowest BCUT2D eigenvalue weighted by molar-refractivity contribution is -0.137. The molecule has 8 heteroatoms. The Balaban J connectivity index is 1.29. The standard InChI is InChI=1S/C24H24N4O3S/c29-24(30)14-22(23-4-2-12-32-23)28-21-8-6-18(13-16(21)15-26-28)31-11-9-17-5-7-19-20(27-17)3-1-10-25-19/h2,4-8,12-13,15,22,25H,1,3,9-11,14H2,(H,29,30). The Bertz CT molecular complexity index is 1240. The highest BCUT2D eigenvalue weighted by Crippen LogP contribution is 2.30. The summed E-state index contributed by atoms with van der Waals surface area (Å²) in [7, 11) is 0. The van der Waals surface area contributed by atoms with Gasteiger partial charge >= 0.3 is 5.97 Å². The van der Waals surface area contributed by atoms with E-state index in [9.17, 15) is 9.90 Å². The quantitative estimate of drug-likeness (QED) is 0.411. The summed E-state index contributed by atoms with van der Waals surface area (Å²) in [4.78, 5) is 17.2. The number of aliphatic carboxylic acids is 1. The van der Waals surface area contributed by atoms with Crippen LogP contribution in [0.15, 0.2) is 54.0 Å². The maximum Gasteiger partial charge on any atom is 0.305 e. The summed E-state index contributed by atoms with van der Waals surface area (Å²) in [5, 5.41) is 20.2. The van der Waals surface area contributed by atoms with E-state index in [0.717, 1.165) is 64.4 Å². The van der Waals surface area contributed by atoms with E-state index in [-0.39, 0.29) is 12.5 Å². The van der Waals surface area contributed by atoms with Gasteiger partial charge < -0.3 is 15.2 Å². The second-order valence-electron chi connectivity index (χ2n) is 7.86. The molecule has 32 heavy (non-hydrogen) atoms. The average Bonchev–Trinajstić information content (AvgIpc) is 3.47. The first-order valence-corrected chi connectivity index (χ1v) is 11.6. The van der Waals surface area contributed by atoms with E-state index in [0.29, 0.717) is 6.61 Å². The number of rotatable bonds is 8. The molecule has 1 aliphatic heterocycles. The summed E-state index contributed by atoms with van der Waals surface area (Å²) in [5.41, 5.74) is 4.21. The van der Waals surface area contributed by atoms with Crippen molar-refractivity contribution >= 4 is 33.9 Å². The summed E-state index contributed by atoms with van der Waals surface area (Å²) < 4.78 is 7.78. The highest BCUT2D eigenvalue weighted by Gasteiger charge is 2.21. The molecule has 0 bridgehead atoms. The van der Waals surface area contributed by atoms with Crippen LogP contribution in [0.4, 0.5) is 5.69 Å². The first-order chi connectivity index (χ1) is 15.7. The number of carboxylic acid groups (broad SMARTS) is 1. The lowest BCUT2D eigenvalue weighted by Crippen LogP contribution is -2.15. The zero-order valence-electron chi connectivity index (χ0n) is 17.5. The fourth-order valence-corrected chi connectivity index (χ4v) is 4.92. The van der Waals surface area contributed by atoms with Crippen LogP contribution in [0.5, 0.6) is 5.75 Å². The molecule has 0 amide bonds. The van der Waals surface area contributed by atoms with E-state index < -0.39 is 5.97 Å². The van der Waals surface area contributed by atoms with Gasteiger partial charge in [0.25, 0.3) is 0 Å². The number of pyridine rings is 1. The van der Waals surface area contributed by atoms with Crippen molar-refractivity contribution in [2.75, 3.05) is 18.5 Å². The highest BCUT2D eigenvalue weighted by molar-refractivity contribution is 7.10. The van der Waals surface area contributed by atoms with Crippen molar-refractivity contribution in [3.05, 3.63) is 70.3 Å². The Morgan fingerprint density at radius 2 is 2.22 bits per heavy atom. The van der Waals surface area contributed by atoms with Gasteiger partial charge in [-0.05, 0) is 54.6 Å². The molecule has 1 aromatic carbocycles. The number of hydrogen-bond donors (Lipinski definition) is 2. The molecule has 2 N–H and O–H groups in total. The molecule has 164 valence electrons. The second kappa shape index (κ2) is 9.00. The molecule has 1 aliphatic rings. The number of nitrogens with one attached hydrogen (secondary N) is 1. The number of thiophene rings is 1. The van der Waals surface area contributed by atoms with Crippen molar-refractivity contribution in [2.45, 2.75) is 31.7 Å². The summed E-state index contributed by atoms with van der Waals surface area (Å²) in [6, 6.07) is 13.5. The minimum Gasteiger partial charge on any atom is -0.493 e. The number of ether oxygens (including phenoxy) is 1. The average molecular weight is 449 g/mol. The lowest BCUT2D eigenvalue weighted by Gasteiger charge is -2.17. The topological polar surface area (TPSA) is 89.3 Å². The van der Waals surface area contributed by atoms with Crippen LogP contribution in [0, 0.1) is 0 Å². The molecule has 4 aromatic rings. The van der Waals surface area contributed by atoms with E-state index >= 15 is 0 Å². The van der Waals surface area contributed by atoms with Crippen molar-refractivity contribution in [2.24, 2.45) is 0 Å². The van der Waals surface area contributed by atoms with Gasteiger partial charge in [0.15, 0.2) is 0 Å². The van der Waals surface area contributed by atoms with Gasteiger partial charge in [0.05, 0.1) is 42.2 Å². The molecule has 0 radical (unpaired) electrons. The van der Waals surface area contributed by atoms with E-state index in [2.05, 4.69) is 22.5 Å². The number of carboxylic acids is 1. The van der Waals surface area contributed by atoms with Crippen LogP contribution in [0.2, 0.25) is 0 Å². The number of nitrogens with zero attached hydrogens (tertiary/aromatic N) is 3. The number of anilines is 1. The first kappa shape index (κ1) is 20.5. The van der Waals surface area contributed by atoms with E-state index in [1.165, 1.54) is 0 Å². The van der Waals surface area contributed by atoms with Gasteiger partial charge in [-0.3, -0.25) is 14.5 Å². The van der Waals surface area contributed by atoms with Crippen LogP contribution < -0.4 is 10.1 Å². The molecule has 0 saturated heterocycles. The third-order valence-electron chi connectivity index (χ3n) is 5.67. The van der Waals surface area contributed by atoms with Crippen molar-refractivity contribution in [3.8, 4) is 5.75 Å². The minimum absolute atomic E-state index is 0.0150. The molecule has 7 nitrogen and oxygen atoms in total. The highest BCUT2D eigenvalue weighted by atomic mass is 32.1. The molecule has 0 saturated carbocycles. The summed E-state index contributed by atoms with van der Waals surface area (Å²) in [6.07, 6.45) is 4.63. The number of hydrogen-bond acceptors (Lipinski definition) is 6. The van der Waals surface area contributed by atoms with Crippen LogP contribution in [0.3, 0.4) is 0 Å². The fourth-order valence-electron chi connectivity index (χ4n) is 4.11. The van der Waals surface area contributed by atoms with E-state index in [4.69, 9.17) is 9.72 Å². The third kappa shape index (κ3) is 4.31. The van der Waals surface area contributed by atoms with E-state index in [1.807, 2.05) is 35.7 Å². The second-order valence-corrected chi connectivity index (χ2v) is 8.84. The SMILES string of the molecule is O=C(O)CC(c1cccs1)n1ncc2cc(OCCc3ccc4c(n3)CCCN4)ccc21. The summed E-state index contributed by atoms with van der Waals surface area (Å²) in [6.45, 7) is 1.55. The van der Waals surface area contributed by atoms with Crippen LogP contribution in [0.25, 0.3) is 10.9 Å². The van der Waals surface area contributed by atoms with Gasteiger partial charge in [-0.25, -0.2) is 0 Å². The zero-order chi connectivity index (χ0) is 21.9. The number of benzene rings is 1. The summed E-state index contributed by atoms with van der Waals surface area (Å²) >= 11 is 1.54. The largest absolute Gasteiger partial charge is 0.493 e. The Morgan fingerprint density at radius 3 is 3.06 bits per heavy atom. The van der Waals surface area contributed by atoms with Crippen molar-refractivity contribution in [1.82, 2.24) is 14.8 Å². The van der Waals surface area contributed by atoms with Crippen LogP contribution in [-0.2, 0) is 17.6 Å².